The van der Waals surface area contributed by atoms with Crippen molar-refractivity contribution in [2.75, 3.05) is 0 Å². The Morgan fingerprint density at radius 3 is 1.67 bits per heavy atom. The fraction of sp³-hybridized carbons (Fsp3) is 0.500. The Kier molecular flexibility index (Phi) is 2.88. The van der Waals surface area contributed by atoms with Crippen molar-refractivity contribution in [3.05, 3.63) is 6.29 Å². The van der Waals surface area contributed by atoms with E-state index in [2.05, 4.69) is 9.88 Å². The van der Waals surface area contributed by atoms with Gasteiger partial charge in [0, 0.05) is 6.92 Å². The molecule has 4 heteroatoms. The van der Waals surface area contributed by atoms with Gasteiger partial charge < -0.3 is 0 Å². The van der Waals surface area contributed by atoms with Gasteiger partial charge in [0.15, 0.2) is 0 Å². The summed E-state index contributed by atoms with van der Waals surface area (Å²) in [6.45, 7) is 1.00. The lowest BCUT2D eigenvalue weighted by atomic mass is 10.8. The van der Waals surface area contributed by atoms with Crippen molar-refractivity contribution in [1.29, 1.82) is 0 Å². The second kappa shape index (κ2) is 2.99. The topological polar surface area (TPSA) is 18.5 Å². The molecule has 0 fully saturated rings. The first-order chi connectivity index (χ1) is 2.81. The van der Waals surface area contributed by atoms with Crippen molar-refractivity contribution in [2.45, 2.75) is 6.92 Å². The van der Waals surface area contributed by atoms with Crippen molar-refractivity contribution in [3.63, 3.8) is 0 Å². The van der Waals surface area contributed by atoms with Crippen molar-refractivity contribution in [1.82, 2.24) is 0 Å². The van der Waals surface area contributed by atoms with Gasteiger partial charge in [-0.25, -0.2) is 0 Å². The second-order valence-corrected chi connectivity index (χ2v) is 0.646. The van der Waals surface area contributed by atoms with E-state index in [1.54, 1.807) is 0 Å². The lowest BCUT2D eigenvalue weighted by molar-refractivity contribution is -0.272. The van der Waals surface area contributed by atoms with E-state index < -0.39 is 6.29 Å². The normalized spacial score (nSPS) is 10.0. The first-order valence-electron chi connectivity index (χ1n) is 1.22. The predicted molar refractivity (Wildman–Crippen MR) is 13.3 cm³/mol. The molecule has 0 bridgehead atoms. The molecular weight excluding hydrogens is 94.0 g/mol. The van der Waals surface area contributed by atoms with Gasteiger partial charge >= 0.3 is 6.29 Å². The minimum atomic E-state index is -0.741. The largest absolute Gasteiger partial charge is 0.300 e. The summed E-state index contributed by atoms with van der Waals surface area (Å²) in [4.78, 5) is 5.44. The van der Waals surface area contributed by atoms with Gasteiger partial charge in [-0.1, -0.05) is 0 Å². The van der Waals surface area contributed by atoms with Crippen LogP contribution in [-0.2, 0) is 9.88 Å². The van der Waals surface area contributed by atoms with Gasteiger partial charge in [-0.05, 0) is 9.05 Å². The van der Waals surface area contributed by atoms with Crippen LogP contribution in [0.4, 0.5) is 9.05 Å². The monoisotopic (exact) mass is 97.0 g/mol. The van der Waals surface area contributed by atoms with Crippen LogP contribution in [0, 0.1) is 6.29 Å². The number of halogens is 2. The summed E-state index contributed by atoms with van der Waals surface area (Å²) < 4.78 is 21.0. The predicted octanol–water partition coefficient (Wildman–Crippen LogP) is 1.30. The molecule has 0 aromatic carbocycles. The molecule has 0 aromatic rings. The van der Waals surface area contributed by atoms with E-state index in [0.717, 1.165) is 6.92 Å². The summed E-state index contributed by atoms with van der Waals surface area (Å²) in [7, 11) is 0. The molecule has 0 unspecified atom stereocenters. The van der Waals surface area contributed by atoms with Crippen LogP contribution in [0.5, 0.6) is 0 Å². The highest BCUT2D eigenvalue weighted by molar-refractivity contribution is 4.42. The molecule has 0 N–H and O–H groups in total. The summed E-state index contributed by atoms with van der Waals surface area (Å²) in [5.74, 6) is 0. The highest BCUT2D eigenvalue weighted by Crippen LogP contribution is 2.01. The molecule has 2 nitrogen and oxygen atoms in total. The summed E-state index contributed by atoms with van der Waals surface area (Å²) in [5, 5.41) is 0. The van der Waals surface area contributed by atoms with Crippen LogP contribution < -0.4 is 0 Å². The molecule has 0 aliphatic carbocycles. The Morgan fingerprint density at radius 2 is 1.67 bits per heavy atom. The minimum Gasteiger partial charge on any atom is -0.149 e. The van der Waals surface area contributed by atoms with Crippen LogP contribution in [0.2, 0.25) is 0 Å². The van der Waals surface area contributed by atoms with Gasteiger partial charge in [-0.15, -0.1) is 9.88 Å². The smallest absolute Gasteiger partial charge is 0.149 e. The summed E-state index contributed by atoms with van der Waals surface area (Å²) >= 11 is 0. The third-order valence-corrected chi connectivity index (χ3v) is 0.217. The molecule has 0 amide bonds. The number of hydrogen-bond donors (Lipinski definition) is 0. The molecule has 0 saturated heterocycles. The highest BCUT2D eigenvalue weighted by atomic mass is 19.3. The van der Waals surface area contributed by atoms with Crippen molar-refractivity contribution in [2.24, 2.45) is 0 Å². The van der Waals surface area contributed by atoms with Crippen LogP contribution >= 0.6 is 0 Å². The summed E-state index contributed by atoms with van der Waals surface area (Å²) in [6, 6.07) is 0. The van der Waals surface area contributed by atoms with Gasteiger partial charge in [-0.2, -0.15) is 0 Å². The fourth-order valence-electron chi connectivity index (χ4n) is 0.0119. The van der Waals surface area contributed by atoms with Crippen molar-refractivity contribution < 1.29 is 18.9 Å². The van der Waals surface area contributed by atoms with E-state index in [1.807, 2.05) is 0 Å². The maximum absolute atomic E-state index is 10.5. The van der Waals surface area contributed by atoms with Crippen LogP contribution in [0.1, 0.15) is 6.92 Å². The van der Waals surface area contributed by atoms with E-state index in [4.69, 9.17) is 0 Å². The van der Waals surface area contributed by atoms with E-state index >= 15 is 0 Å². The lowest BCUT2D eigenvalue weighted by Gasteiger charge is -1.89. The van der Waals surface area contributed by atoms with Crippen LogP contribution in [0.15, 0.2) is 0 Å². The number of rotatable bonds is 2. The molecule has 0 aliphatic rings. The van der Waals surface area contributed by atoms with E-state index in [1.165, 1.54) is 0 Å². The molecule has 0 aromatic heterocycles. The molecule has 0 aliphatic heterocycles. The maximum atomic E-state index is 10.5. The first kappa shape index (κ1) is 5.78. The van der Waals surface area contributed by atoms with Crippen LogP contribution in [-0.4, -0.2) is 0 Å². The Balaban J connectivity index is 2.75. The Bertz CT molecular complexity index is 28.7. The molecule has 0 atom stereocenters. The Morgan fingerprint density at radius 1 is 1.33 bits per heavy atom. The van der Waals surface area contributed by atoms with E-state index in [0.29, 0.717) is 0 Å². The zero-order chi connectivity index (χ0) is 4.99. The zero-order valence-electron chi connectivity index (χ0n) is 3.07. The molecule has 0 spiro atoms. The second-order valence-electron chi connectivity index (χ2n) is 0.646. The van der Waals surface area contributed by atoms with Gasteiger partial charge in [0.1, 0.15) is 0 Å². The Hall–Kier alpha value is -0.220. The van der Waals surface area contributed by atoms with Crippen molar-refractivity contribution >= 4 is 0 Å². The third kappa shape index (κ3) is 2.04. The molecule has 1 radical (unpaired) electrons. The average Bonchev–Trinajstić information content (AvgIpc) is 1.65. The quantitative estimate of drug-likeness (QED) is 0.517. The van der Waals surface area contributed by atoms with Gasteiger partial charge in [0.25, 0.3) is 0 Å². The van der Waals surface area contributed by atoms with E-state index in [-0.39, 0.29) is 0 Å². The first-order valence-corrected chi connectivity index (χ1v) is 1.22. The molecule has 0 heterocycles. The highest BCUT2D eigenvalue weighted by Gasteiger charge is 2.00. The standard InChI is InChI=1S/C2H3F2O2/c1-2(5-3)6-4/h1H3. The molecule has 37 valence electrons. The van der Waals surface area contributed by atoms with Gasteiger partial charge in [0.2, 0.25) is 0 Å². The average molecular weight is 97.0 g/mol. The molecule has 0 rings (SSSR count). The summed E-state index contributed by atoms with van der Waals surface area (Å²) in [6.07, 6.45) is -0.741. The van der Waals surface area contributed by atoms with Gasteiger partial charge in [0.05, 0.1) is 0 Å². The molecule has 6 heavy (non-hydrogen) atoms. The lowest BCUT2D eigenvalue weighted by Crippen LogP contribution is -1.87. The number of hydrogen-bond acceptors (Lipinski definition) is 2. The SMILES string of the molecule is C[C](OF)OF. The third-order valence-electron chi connectivity index (χ3n) is 0.217. The molecular formula is C2H3F2O2. The Labute approximate surface area is 33.5 Å². The molecule has 0 saturated carbocycles. The van der Waals surface area contributed by atoms with Crippen LogP contribution in [0.3, 0.4) is 0 Å². The maximum Gasteiger partial charge on any atom is 0.300 e. The fourth-order valence-corrected chi connectivity index (χ4v) is 0.0119. The van der Waals surface area contributed by atoms with Crippen molar-refractivity contribution in [3.8, 4) is 0 Å². The van der Waals surface area contributed by atoms with E-state index in [9.17, 15) is 9.05 Å². The van der Waals surface area contributed by atoms with Gasteiger partial charge in [-0.3, -0.25) is 0 Å². The zero-order valence-corrected chi connectivity index (χ0v) is 3.07. The minimum absolute atomic E-state index is 0.741. The summed E-state index contributed by atoms with van der Waals surface area (Å²) in [5.41, 5.74) is 0. The van der Waals surface area contributed by atoms with Crippen LogP contribution in [0.25, 0.3) is 0 Å².